The van der Waals surface area contributed by atoms with Gasteiger partial charge < -0.3 is 9.79 Å². The van der Waals surface area contributed by atoms with Crippen LogP contribution in [0.15, 0.2) is 0 Å². The number of phosphoric ester groups is 1. The SMILES string of the molecule is CCCCCC(CCCCC)C(C)OP(=O)(O)O. The van der Waals surface area contributed by atoms with Gasteiger partial charge in [0.05, 0.1) is 6.10 Å². The summed E-state index contributed by atoms with van der Waals surface area (Å²) in [5.74, 6) is 0.260. The third-order valence-corrected chi connectivity index (χ3v) is 3.93. The summed E-state index contributed by atoms with van der Waals surface area (Å²) in [5, 5.41) is 0. The van der Waals surface area contributed by atoms with Gasteiger partial charge in [-0.3, -0.25) is 4.52 Å². The monoisotopic (exact) mass is 280 g/mol. The van der Waals surface area contributed by atoms with Crippen LogP contribution in [0.4, 0.5) is 0 Å². The molecule has 0 aliphatic rings. The van der Waals surface area contributed by atoms with Crippen LogP contribution in [0, 0.1) is 5.92 Å². The molecule has 1 atom stereocenters. The summed E-state index contributed by atoms with van der Waals surface area (Å²) in [6.07, 6.45) is 8.53. The van der Waals surface area contributed by atoms with E-state index in [0.29, 0.717) is 0 Å². The van der Waals surface area contributed by atoms with Crippen molar-refractivity contribution in [3.8, 4) is 0 Å². The van der Waals surface area contributed by atoms with Crippen LogP contribution < -0.4 is 0 Å². The summed E-state index contributed by atoms with van der Waals surface area (Å²) >= 11 is 0. The van der Waals surface area contributed by atoms with Crippen LogP contribution in [-0.4, -0.2) is 15.9 Å². The lowest BCUT2D eigenvalue weighted by Gasteiger charge is -2.24. The van der Waals surface area contributed by atoms with Gasteiger partial charge in [0.2, 0.25) is 0 Å². The number of hydrogen-bond acceptors (Lipinski definition) is 2. The molecule has 18 heavy (non-hydrogen) atoms. The van der Waals surface area contributed by atoms with Gasteiger partial charge in [0, 0.05) is 0 Å². The molecule has 4 nitrogen and oxygen atoms in total. The largest absolute Gasteiger partial charge is 0.469 e. The highest BCUT2D eigenvalue weighted by Crippen LogP contribution is 2.40. The zero-order valence-corrected chi connectivity index (χ0v) is 12.9. The van der Waals surface area contributed by atoms with E-state index in [1.165, 1.54) is 12.8 Å². The summed E-state index contributed by atoms with van der Waals surface area (Å²) in [7, 11) is -4.35. The highest BCUT2D eigenvalue weighted by molar-refractivity contribution is 7.46. The molecule has 0 rings (SSSR count). The zero-order chi connectivity index (χ0) is 14.0. The fourth-order valence-corrected chi connectivity index (χ4v) is 2.83. The van der Waals surface area contributed by atoms with E-state index >= 15 is 0 Å². The van der Waals surface area contributed by atoms with E-state index in [4.69, 9.17) is 14.3 Å². The predicted molar refractivity (Wildman–Crippen MR) is 74.4 cm³/mol. The van der Waals surface area contributed by atoms with Crippen LogP contribution in [0.1, 0.15) is 72.1 Å². The summed E-state index contributed by atoms with van der Waals surface area (Å²) in [6.45, 7) is 6.09. The Balaban J connectivity index is 4.19. The lowest BCUT2D eigenvalue weighted by Crippen LogP contribution is -2.20. The van der Waals surface area contributed by atoms with Gasteiger partial charge in [-0.2, -0.15) is 0 Å². The van der Waals surface area contributed by atoms with E-state index in [2.05, 4.69) is 13.8 Å². The molecule has 0 spiro atoms. The normalized spacial score (nSPS) is 14.1. The first-order chi connectivity index (χ1) is 8.40. The molecule has 0 fully saturated rings. The van der Waals surface area contributed by atoms with Crippen LogP contribution in [-0.2, 0) is 9.09 Å². The topological polar surface area (TPSA) is 66.8 Å². The Bertz CT molecular complexity index is 229. The Labute approximate surface area is 111 Å². The molecule has 0 saturated carbocycles. The summed E-state index contributed by atoms with van der Waals surface area (Å²) in [4.78, 5) is 17.7. The molecule has 0 bridgehead atoms. The van der Waals surface area contributed by atoms with Gasteiger partial charge in [0.25, 0.3) is 0 Å². The van der Waals surface area contributed by atoms with Gasteiger partial charge in [0.1, 0.15) is 0 Å². The zero-order valence-electron chi connectivity index (χ0n) is 12.0. The molecule has 110 valence electrons. The number of hydrogen-bond donors (Lipinski definition) is 2. The molecule has 2 N–H and O–H groups in total. The molecule has 0 saturated heterocycles. The predicted octanol–water partition coefficient (Wildman–Crippen LogP) is 4.26. The molecule has 1 unspecified atom stereocenters. The van der Waals surface area contributed by atoms with Gasteiger partial charge in [0.15, 0.2) is 0 Å². The van der Waals surface area contributed by atoms with E-state index in [1.807, 2.05) is 0 Å². The molecule has 5 heteroatoms. The van der Waals surface area contributed by atoms with E-state index in [1.54, 1.807) is 6.92 Å². The number of phosphoric acid groups is 1. The Hall–Kier alpha value is 0.110. The third-order valence-electron chi connectivity index (χ3n) is 3.32. The molecule has 0 aromatic heterocycles. The average Bonchev–Trinajstić information content (AvgIpc) is 2.25. The summed E-state index contributed by atoms with van der Waals surface area (Å²) in [5.41, 5.74) is 0. The van der Waals surface area contributed by atoms with Crippen LogP contribution in [0.5, 0.6) is 0 Å². The van der Waals surface area contributed by atoms with Crippen molar-refractivity contribution in [2.45, 2.75) is 78.2 Å². The van der Waals surface area contributed by atoms with Gasteiger partial charge in [-0.1, -0.05) is 52.4 Å². The van der Waals surface area contributed by atoms with Crippen LogP contribution in [0.25, 0.3) is 0 Å². The molecule has 0 aromatic carbocycles. The van der Waals surface area contributed by atoms with Crippen molar-refractivity contribution in [1.29, 1.82) is 0 Å². The standard InChI is InChI=1S/C13H29O4P/c1-4-6-8-10-13(11-9-7-5-2)12(3)17-18(14,15)16/h12-13H,4-11H2,1-3H3,(H2,14,15,16). The lowest BCUT2D eigenvalue weighted by atomic mass is 9.91. The Kier molecular flexibility index (Phi) is 10.0. The van der Waals surface area contributed by atoms with Crippen molar-refractivity contribution in [2.24, 2.45) is 5.92 Å². The van der Waals surface area contributed by atoms with Crippen LogP contribution >= 0.6 is 7.82 Å². The maximum atomic E-state index is 10.9. The van der Waals surface area contributed by atoms with Gasteiger partial charge in [-0.05, 0) is 25.7 Å². The number of unbranched alkanes of at least 4 members (excludes halogenated alkanes) is 4. The fourth-order valence-electron chi connectivity index (χ4n) is 2.23. The van der Waals surface area contributed by atoms with Crippen molar-refractivity contribution in [2.75, 3.05) is 0 Å². The minimum Gasteiger partial charge on any atom is -0.303 e. The molecule has 0 aromatic rings. The van der Waals surface area contributed by atoms with Gasteiger partial charge in [-0.25, -0.2) is 4.57 Å². The second kappa shape index (κ2) is 9.96. The van der Waals surface area contributed by atoms with Crippen LogP contribution in [0.3, 0.4) is 0 Å². The molecule has 0 aliphatic carbocycles. The first kappa shape index (κ1) is 18.1. The second-order valence-corrected chi connectivity index (χ2v) is 6.24. The van der Waals surface area contributed by atoms with E-state index < -0.39 is 7.82 Å². The molecule has 0 heterocycles. The lowest BCUT2D eigenvalue weighted by molar-refractivity contribution is 0.0908. The second-order valence-electron chi connectivity index (χ2n) is 5.05. The molecular formula is C13H29O4P. The first-order valence-electron chi connectivity index (χ1n) is 7.14. The fraction of sp³-hybridized carbons (Fsp3) is 1.00. The minimum atomic E-state index is -4.35. The van der Waals surface area contributed by atoms with Gasteiger partial charge >= 0.3 is 7.82 Å². The van der Waals surface area contributed by atoms with Crippen molar-refractivity contribution in [1.82, 2.24) is 0 Å². The smallest absolute Gasteiger partial charge is 0.303 e. The first-order valence-corrected chi connectivity index (χ1v) is 8.67. The Morgan fingerprint density at radius 3 is 1.78 bits per heavy atom. The van der Waals surface area contributed by atoms with Crippen LogP contribution in [0.2, 0.25) is 0 Å². The maximum Gasteiger partial charge on any atom is 0.469 e. The van der Waals surface area contributed by atoms with Crippen molar-refractivity contribution >= 4 is 7.82 Å². The molecule has 0 radical (unpaired) electrons. The molecular weight excluding hydrogens is 251 g/mol. The van der Waals surface area contributed by atoms with E-state index in [0.717, 1.165) is 38.5 Å². The highest BCUT2D eigenvalue weighted by Gasteiger charge is 2.25. The quantitative estimate of drug-likeness (QED) is 0.438. The van der Waals surface area contributed by atoms with Crippen molar-refractivity contribution in [3.05, 3.63) is 0 Å². The average molecular weight is 280 g/mol. The maximum absolute atomic E-state index is 10.9. The van der Waals surface area contributed by atoms with Crippen molar-refractivity contribution in [3.63, 3.8) is 0 Å². The van der Waals surface area contributed by atoms with E-state index in [9.17, 15) is 4.57 Å². The van der Waals surface area contributed by atoms with Gasteiger partial charge in [-0.15, -0.1) is 0 Å². The molecule has 0 aliphatic heterocycles. The van der Waals surface area contributed by atoms with Crippen molar-refractivity contribution < 1.29 is 18.9 Å². The number of rotatable bonds is 11. The Morgan fingerprint density at radius 2 is 1.44 bits per heavy atom. The summed E-state index contributed by atoms with van der Waals surface area (Å²) in [6, 6.07) is 0. The highest BCUT2D eigenvalue weighted by atomic mass is 31.2. The minimum absolute atomic E-state index is 0.260. The summed E-state index contributed by atoms with van der Waals surface area (Å²) < 4.78 is 15.7. The van der Waals surface area contributed by atoms with E-state index in [-0.39, 0.29) is 12.0 Å². The molecule has 0 amide bonds. The third kappa shape index (κ3) is 10.1. The Morgan fingerprint density at radius 1 is 1.00 bits per heavy atom.